The number of aliphatic hydroxyl groups is 1. The molecule has 0 aromatic heterocycles. The maximum absolute atomic E-state index is 14.1. The highest BCUT2D eigenvalue weighted by molar-refractivity contribution is 6.32. The summed E-state index contributed by atoms with van der Waals surface area (Å²) in [4.78, 5) is 32.7. The minimum atomic E-state index is -4.97. The van der Waals surface area contributed by atoms with Gasteiger partial charge in [-0.2, -0.15) is 23.4 Å². The molecule has 14 heteroatoms. The summed E-state index contributed by atoms with van der Waals surface area (Å²) in [7, 11) is 1.49. The molecular weight excluding hydrogens is 561 g/mol. The van der Waals surface area contributed by atoms with Crippen molar-refractivity contribution in [1.29, 1.82) is 5.26 Å². The predicted octanol–water partition coefficient (Wildman–Crippen LogP) is 3.37. The van der Waals surface area contributed by atoms with E-state index in [1.165, 1.54) is 22.2 Å². The molecule has 0 unspecified atom stereocenters. The van der Waals surface area contributed by atoms with Crippen molar-refractivity contribution in [3.8, 4) is 17.5 Å². The lowest BCUT2D eigenvalue weighted by molar-refractivity contribution is -0.137. The smallest absolute Gasteiger partial charge is 0.416 e. The summed E-state index contributed by atoms with van der Waals surface area (Å²) in [5.74, 6) is -4.77. The fourth-order valence-electron chi connectivity index (χ4n) is 4.45. The lowest BCUT2D eigenvalue weighted by Gasteiger charge is -2.11. The number of amides is 2. The van der Waals surface area contributed by atoms with Gasteiger partial charge in [0.2, 0.25) is 5.62 Å². The van der Waals surface area contributed by atoms with Crippen LogP contribution in [0.25, 0.3) is 17.1 Å². The van der Waals surface area contributed by atoms with Gasteiger partial charge in [-0.15, -0.1) is 0 Å². The first-order chi connectivity index (χ1) is 18.8. The number of fused-ring (bicyclic) bond motifs is 3. The third kappa shape index (κ3) is 4.42. The van der Waals surface area contributed by atoms with Crippen molar-refractivity contribution in [2.24, 2.45) is 17.0 Å². The summed E-state index contributed by atoms with van der Waals surface area (Å²) >= 11 is 6.16. The van der Waals surface area contributed by atoms with Crippen LogP contribution >= 0.6 is 11.6 Å². The number of benzene rings is 3. The van der Waals surface area contributed by atoms with Crippen molar-refractivity contribution in [2.45, 2.75) is 12.7 Å². The highest BCUT2D eigenvalue weighted by Crippen LogP contribution is 2.31. The van der Waals surface area contributed by atoms with Gasteiger partial charge in [0.25, 0.3) is 11.8 Å². The lowest BCUT2D eigenvalue weighted by atomic mass is 10.0. The molecule has 1 N–H and O–H groups in total. The molecule has 0 atom stereocenters. The fourth-order valence-corrected chi connectivity index (χ4v) is 4.66. The lowest BCUT2D eigenvalue weighted by Crippen LogP contribution is -2.34. The van der Waals surface area contributed by atoms with Crippen LogP contribution in [-0.4, -0.2) is 26.1 Å². The SMILES string of the molecule is Cn1c2c(C#N)/c(=C(\O)c3cc(F)ccc3Cl)c(=NC(=O)c3cc(F)cc(C(F)(F)F)c3)cc-2n2c1=NC(=O)C2. The van der Waals surface area contributed by atoms with Crippen LogP contribution in [0.15, 0.2) is 52.4 Å². The number of carbonyl (C=O) groups is 2. The van der Waals surface area contributed by atoms with Gasteiger partial charge in [-0.05, 0) is 42.5 Å². The van der Waals surface area contributed by atoms with Gasteiger partial charge in [-0.25, -0.2) is 13.8 Å². The number of nitrogens with zero attached hydrogens (tertiary/aromatic N) is 5. The van der Waals surface area contributed by atoms with E-state index >= 15 is 0 Å². The van der Waals surface area contributed by atoms with Crippen LogP contribution in [0.5, 0.6) is 0 Å². The molecule has 2 amide bonds. The molecule has 0 fully saturated rings. The number of rotatable bonds is 2. The minimum absolute atomic E-state index is 0.133. The highest BCUT2D eigenvalue weighted by Gasteiger charge is 2.32. The zero-order valence-corrected chi connectivity index (χ0v) is 20.8. The monoisotopic (exact) mass is 573 g/mol. The molecule has 202 valence electrons. The summed E-state index contributed by atoms with van der Waals surface area (Å²) in [6.07, 6.45) is -4.97. The van der Waals surface area contributed by atoms with Crippen LogP contribution in [-0.2, 0) is 24.6 Å². The summed E-state index contributed by atoms with van der Waals surface area (Å²) in [6, 6.07) is 7.27. The second-order valence-corrected chi connectivity index (χ2v) is 9.10. The Morgan fingerprint density at radius 3 is 2.55 bits per heavy atom. The largest absolute Gasteiger partial charge is 0.507 e. The number of hydrogen-bond acceptors (Lipinski definition) is 4. The third-order valence-electron chi connectivity index (χ3n) is 6.17. The molecule has 40 heavy (non-hydrogen) atoms. The summed E-state index contributed by atoms with van der Waals surface area (Å²) in [6.45, 7) is -0.228. The third-order valence-corrected chi connectivity index (χ3v) is 6.50. The fraction of sp³-hybridized carbons (Fsp3) is 0.115. The summed E-state index contributed by atoms with van der Waals surface area (Å²) < 4.78 is 70.6. The van der Waals surface area contributed by atoms with Gasteiger partial charge in [0, 0.05) is 18.2 Å². The first-order valence-corrected chi connectivity index (χ1v) is 11.6. The Labute approximate surface area is 225 Å². The molecule has 3 aliphatic rings. The molecule has 0 bridgehead atoms. The Kier molecular flexibility index (Phi) is 6.30. The number of alkyl halides is 3. The van der Waals surface area contributed by atoms with Gasteiger partial charge in [-0.1, -0.05) is 11.6 Å². The molecule has 2 aromatic carbocycles. The summed E-state index contributed by atoms with van der Waals surface area (Å²) in [5.41, 5.74) is -2.31. The molecular formula is C26H13ClF5N5O3. The van der Waals surface area contributed by atoms with Crippen LogP contribution in [0.2, 0.25) is 5.02 Å². The van der Waals surface area contributed by atoms with E-state index in [0.717, 1.165) is 18.2 Å². The average molecular weight is 574 g/mol. The molecule has 1 aliphatic carbocycles. The molecule has 8 nitrogen and oxygen atoms in total. The number of hydrogen-bond donors (Lipinski definition) is 1. The van der Waals surface area contributed by atoms with Gasteiger partial charge in [0.1, 0.15) is 30.0 Å². The standard InChI is InChI=1S/C26H13ClF5N5O3/c1-36-22-16(9-33)21(23(39)15-7-13(28)2-3-17(15)27)18(8-19(22)37-10-20(38)35-25(36)37)34-24(40)11-4-12(26(30,31)32)6-14(29)5-11/h2-8,39H,10H2,1H3/b23-21+,34-18?. The molecule has 0 saturated carbocycles. The Bertz CT molecular complexity index is 1990. The van der Waals surface area contributed by atoms with Crippen molar-refractivity contribution >= 4 is 29.2 Å². The minimum Gasteiger partial charge on any atom is -0.507 e. The first kappa shape index (κ1) is 26.8. The van der Waals surface area contributed by atoms with E-state index in [9.17, 15) is 41.9 Å². The first-order valence-electron chi connectivity index (χ1n) is 11.2. The molecule has 5 rings (SSSR count). The molecule has 0 spiro atoms. The van der Waals surface area contributed by atoms with Gasteiger partial charge in [-0.3, -0.25) is 9.59 Å². The van der Waals surface area contributed by atoms with E-state index < -0.39 is 57.1 Å². The van der Waals surface area contributed by atoms with Crippen LogP contribution < -0.4 is 16.2 Å². The van der Waals surface area contributed by atoms with E-state index in [-0.39, 0.29) is 45.8 Å². The second-order valence-electron chi connectivity index (χ2n) is 8.69. The molecule has 2 aliphatic heterocycles. The van der Waals surface area contributed by atoms with Gasteiger partial charge in [0.15, 0.2) is 0 Å². The molecule has 0 radical (unpaired) electrons. The van der Waals surface area contributed by atoms with E-state index in [1.54, 1.807) is 0 Å². The van der Waals surface area contributed by atoms with Crippen molar-refractivity contribution in [1.82, 2.24) is 9.13 Å². The number of nitriles is 1. The van der Waals surface area contributed by atoms with Crippen molar-refractivity contribution in [2.75, 3.05) is 0 Å². The van der Waals surface area contributed by atoms with Gasteiger partial charge >= 0.3 is 6.18 Å². The number of aliphatic hydroxyl groups excluding tert-OH is 1. The van der Waals surface area contributed by atoms with Crippen LogP contribution in [0.1, 0.15) is 27.0 Å². The van der Waals surface area contributed by atoms with Crippen molar-refractivity contribution in [3.63, 3.8) is 0 Å². The molecule has 2 aromatic rings. The Morgan fingerprint density at radius 1 is 1.15 bits per heavy atom. The maximum atomic E-state index is 14.1. The molecule has 0 saturated heterocycles. The Hall–Kier alpha value is -4.83. The summed E-state index contributed by atoms with van der Waals surface area (Å²) in [5, 5.41) is 20.4. The quantitative estimate of drug-likeness (QED) is 0.371. The van der Waals surface area contributed by atoms with E-state index in [4.69, 9.17) is 11.6 Å². The van der Waals surface area contributed by atoms with Crippen LogP contribution in [0, 0.1) is 23.0 Å². The van der Waals surface area contributed by atoms with Crippen molar-refractivity contribution < 1.29 is 36.6 Å². The number of aromatic nitrogens is 2. The average Bonchev–Trinajstić information content (AvgIpc) is 3.39. The van der Waals surface area contributed by atoms with Crippen LogP contribution in [0.3, 0.4) is 0 Å². The van der Waals surface area contributed by atoms with Crippen molar-refractivity contribution in [3.05, 3.63) is 97.6 Å². The zero-order valence-electron chi connectivity index (χ0n) is 20.0. The normalized spacial score (nSPS) is 14.2. The zero-order chi connectivity index (χ0) is 29.1. The molecule has 2 heterocycles. The van der Waals surface area contributed by atoms with Gasteiger partial charge < -0.3 is 14.2 Å². The second kappa shape index (κ2) is 9.42. The predicted molar refractivity (Wildman–Crippen MR) is 128 cm³/mol. The Balaban J connectivity index is 1.93. The van der Waals surface area contributed by atoms with E-state index in [2.05, 4.69) is 9.98 Å². The van der Waals surface area contributed by atoms with E-state index in [1.807, 2.05) is 6.07 Å². The topological polar surface area (TPSA) is 113 Å². The van der Waals surface area contributed by atoms with Gasteiger partial charge in [0.05, 0.1) is 38.1 Å². The number of imidazole rings is 1. The number of carbonyl (C=O) groups excluding carboxylic acids is 2. The Morgan fingerprint density at radius 2 is 1.88 bits per heavy atom. The van der Waals surface area contributed by atoms with E-state index in [0.29, 0.717) is 12.1 Å². The van der Waals surface area contributed by atoms with Crippen LogP contribution in [0.4, 0.5) is 22.0 Å². The highest BCUT2D eigenvalue weighted by atomic mass is 35.5. The maximum Gasteiger partial charge on any atom is 0.416 e. The number of halogens is 6.